The number of benzene rings is 1. The number of rotatable bonds is 6. The molecular weight excluding hydrogens is 371 g/mol. The summed E-state index contributed by atoms with van der Waals surface area (Å²) < 4.78 is 6.43. The summed E-state index contributed by atoms with van der Waals surface area (Å²) in [6, 6.07) is 4.76. The molecule has 1 atom stereocenters. The van der Waals surface area contributed by atoms with E-state index in [4.69, 9.17) is 9.84 Å². The number of hydrogen-bond acceptors (Lipinski definition) is 3. The summed E-state index contributed by atoms with van der Waals surface area (Å²) >= 11 is 2.10. The molecule has 0 radical (unpaired) electrons. The van der Waals surface area contributed by atoms with Gasteiger partial charge < -0.3 is 14.9 Å². The van der Waals surface area contributed by atoms with E-state index in [-0.39, 0.29) is 12.2 Å². The Labute approximate surface area is 132 Å². The maximum absolute atomic E-state index is 10.9. The number of halogens is 1. The van der Waals surface area contributed by atoms with Gasteiger partial charge in [-0.05, 0) is 53.1 Å². The van der Waals surface area contributed by atoms with E-state index in [1.54, 1.807) is 12.1 Å². The molecule has 0 saturated heterocycles. The Bertz CT molecular complexity index is 469. The van der Waals surface area contributed by atoms with Crippen molar-refractivity contribution in [1.82, 2.24) is 0 Å². The Morgan fingerprint density at radius 3 is 2.75 bits per heavy atom. The Morgan fingerprint density at radius 1 is 1.40 bits per heavy atom. The first kappa shape index (κ1) is 15.6. The van der Waals surface area contributed by atoms with Crippen molar-refractivity contribution in [2.75, 3.05) is 6.61 Å². The van der Waals surface area contributed by atoms with Gasteiger partial charge in [-0.3, -0.25) is 0 Å². The first-order valence-electron chi connectivity index (χ1n) is 6.90. The zero-order valence-corrected chi connectivity index (χ0v) is 13.4. The van der Waals surface area contributed by atoms with Crippen LogP contribution in [0.4, 0.5) is 0 Å². The molecule has 1 unspecified atom stereocenters. The van der Waals surface area contributed by atoms with Crippen LogP contribution in [0.25, 0.3) is 0 Å². The molecule has 1 aliphatic rings. The summed E-state index contributed by atoms with van der Waals surface area (Å²) in [7, 11) is 0. The van der Waals surface area contributed by atoms with E-state index in [2.05, 4.69) is 22.6 Å². The molecule has 0 amide bonds. The lowest BCUT2D eigenvalue weighted by Crippen LogP contribution is -2.20. The molecule has 1 aliphatic carbocycles. The van der Waals surface area contributed by atoms with Crippen molar-refractivity contribution < 1.29 is 19.7 Å². The molecule has 1 fully saturated rings. The maximum atomic E-state index is 10.9. The summed E-state index contributed by atoms with van der Waals surface area (Å²) in [6.45, 7) is 0.218. The van der Waals surface area contributed by atoms with Crippen LogP contribution in [-0.4, -0.2) is 28.9 Å². The van der Waals surface area contributed by atoms with Gasteiger partial charge in [0.05, 0.1) is 15.2 Å². The fraction of sp³-hybridized carbons (Fsp3) is 0.533. The van der Waals surface area contributed by atoms with Crippen LogP contribution in [0.1, 0.15) is 42.5 Å². The van der Waals surface area contributed by atoms with Crippen LogP contribution in [0, 0.1) is 9.49 Å². The zero-order valence-electron chi connectivity index (χ0n) is 11.2. The number of aliphatic hydroxyl groups excluding tert-OH is 1. The largest absolute Gasteiger partial charge is 0.490 e. The Balaban J connectivity index is 1.89. The molecule has 0 bridgehead atoms. The minimum atomic E-state index is -0.974. The van der Waals surface area contributed by atoms with Crippen molar-refractivity contribution in [3.05, 3.63) is 27.3 Å². The maximum Gasteiger partial charge on any atom is 0.335 e. The smallest absolute Gasteiger partial charge is 0.335 e. The molecule has 0 spiro atoms. The van der Waals surface area contributed by atoms with Crippen LogP contribution in [0.5, 0.6) is 5.75 Å². The first-order chi connectivity index (χ1) is 9.56. The molecule has 20 heavy (non-hydrogen) atoms. The molecule has 0 aromatic heterocycles. The van der Waals surface area contributed by atoms with Gasteiger partial charge in [0.1, 0.15) is 12.4 Å². The third-order valence-electron chi connectivity index (χ3n) is 3.69. The summed E-state index contributed by atoms with van der Waals surface area (Å²) in [4.78, 5) is 10.9. The van der Waals surface area contributed by atoms with Crippen LogP contribution in [0.3, 0.4) is 0 Å². The number of carboxylic acid groups (broad SMARTS) is 1. The van der Waals surface area contributed by atoms with E-state index >= 15 is 0 Å². The summed E-state index contributed by atoms with van der Waals surface area (Å²) in [5.74, 6) is 0.159. The average Bonchev–Trinajstić information content (AvgIpc) is 2.90. The van der Waals surface area contributed by atoms with Crippen molar-refractivity contribution in [1.29, 1.82) is 0 Å². The molecule has 110 valence electrons. The minimum absolute atomic E-state index is 0.200. The Kier molecular flexibility index (Phi) is 5.65. The van der Waals surface area contributed by atoms with E-state index in [1.165, 1.54) is 31.7 Å². The van der Waals surface area contributed by atoms with Crippen LogP contribution < -0.4 is 4.74 Å². The molecule has 2 rings (SSSR count). The zero-order chi connectivity index (χ0) is 14.5. The third-order valence-corrected chi connectivity index (χ3v) is 4.58. The molecule has 0 aliphatic heterocycles. The monoisotopic (exact) mass is 390 g/mol. The van der Waals surface area contributed by atoms with Gasteiger partial charge in [-0.2, -0.15) is 0 Å². The van der Waals surface area contributed by atoms with Crippen molar-refractivity contribution in [3.63, 3.8) is 0 Å². The molecule has 1 aromatic carbocycles. The minimum Gasteiger partial charge on any atom is -0.490 e. The molecule has 2 N–H and O–H groups in total. The van der Waals surface area contributed by atoms with Gasteiger partial charge in [0.15, 0.2) is 0 Å². The topological polar surface area (TPSA) is 66.8 Å². The van der Waals surface area contributed by atoms with Crippen LogP contribution >= 0.6 is 22.6 Å². The fourth-order valence-electron chi connectivity index (χ4n) is 2.63. The lowest BCUT2D eigenvalue weighted by Gasteiger charge is -2.17. The number of carbonyl (C=O) groups is 1. The lowest BCUT2D eigenvalue weighted by atomic mass is 10.0. The SMILES string of the molecule is O=C(O)c1ccc(I)c(OCC(O)CC2CCCC2)c1. The highest BCUT2D eigenvalue weighted by Crippen LogP contribution is 2.29. The van der Waals surface area contributed by atoms with Crippen molar-refractivity contribution in [3.8, 4) is 5.75 Å². The Morgan fingerprint density at radius 2 is 2.10 bits per heavy atom. The molecule has 1 aromatic rings. The van der Waals surface area contributed by atoms with E-state index in [0.29, 0.717) is 11.7 Å². The molecule has 4 nitrogen and oxygen atoms in total. The lowest BCUT2D eigenvalue weighted by molar-refractivity contribution is 0.0695. The van der Waals surface area contributed by atoms with Crippen molar-refractivity contribution in [2.45, 2.75) is 38.2 Å². The standard InChI is InChI=1S/C15H19IO4/c16-13-6-5-11(15(18)19)8-14(13)20-9-12(17)7-10-3-1-2-4-10/h5-6,8,10,12,17H,1-4,7,9H2,(H,18,19). The highest BCUT2D eigenvalue weighted by atomic mass is 127. The van der Waals surface area contributed by atoms with Gasteiger partial charge in [0, 0.05) is 0 Å². The second kappa shape index (κ2) is 7.26. The van der Waals surface area contributed by atoms with Crippen LogP contribution in [0.15, 0.2) is 18.2 Å². The molecule has 0 heterocycles. The normalized spacial score (nSPS) is 17.1. The fourth-order valence-corrected chi connectivity index (χ4v) is 3.12. The van der Waals surface area contributed by atoms with E-state index in [9.17, 15) is 9.90 Å². The predicted molar refractivity (Wildman–Crippen MR) is 84.2 cm³/mol. The average molecular weight is 390 g/mol. The highest BCUT2D eigenvalue weighted by Gasteiger charge is 2.19. The van der Waals surface area contributed by atoms with Crippen LogP contribution in [-0.2, 0) is 0 Å². The highest BCUT2D eigenvalue weighted by molar-refractivity contribution is 14.1. The number of ether oxygens (including phenoxy) is 1. The van der Waals surface area contributed by atoms with Gasteiger partial charge in [-0.25, -0.2) is 4.79 Å². The second-order valence-electron chi connectivity index (χ2n) is 5.30. The van der Waals surface area contributed by atoms with Gasteiger partial charge in [-0.1, -0.05) is 25.7 Å². The third kappa shape index (κ3) is 4.34. The number of aromatic carboxylic acids is 1. The quantitative estimate of drug-likeness (QED) is 0.732. The molecule has 1 saturated carbocycles. The Hall–Kier alpha value is -0.820. The number of aliphatic hydroxyl groups is 1. The van der Waals surface area contributed by atoms with Crippen molar-refractivity contribution in [2.24, 2.45) is 5.92 Å². The van der Waals surface area contributed by atoms with Crippen LogP contribution in [0.2, 0.25) is 0 Å². The van der Waals surface area contributed by atoms with E-state index in [1.807, 2.05) is 0 Å². The van der Waals surface area contributed by atoms with Crippen molar-refractivity contribution >= 4 is 28.6 Å². The summed E-state index contributed by atoms with van der Waals surface area (Å²) in [5.41, 5.74) is 0.200. The number of hydrogen-bond donors (Lipinski definition) is 2. The molecule has 5 heteroatoms. The molecular formula is C15H19IO4. The van der Waals surface area contributed by atoms with E-state index < -0.39 is 12.1 Å². The first-order valence-corrected chi connectivity index (χ1v) is 7.98. The van der Waals surface area contributed by atoms with Gasteiger partial charge in [0.25, 0.3) is 0 Å². The summed E-state index contributed by atoms with van der Waals surface area (Å²) in [5, 5.41) is 19.0. The number of carboxylic acids is 1. The second-order valence-corrected chi connectivity index (χ2v) is 6.46. The van der Waals surface area contributed by atoms with Gasteiger partial charge in [0.2, 0.25) is 0 Å². The predicted octanol–water partition coefficient (Wildman–Crippen LogP) is 3.31. The van der Waals surface area contributed by atoms with Gasteiger partial charge in [-0.15, -0.1) is 0 Å². The van der Waals surface area contributed by atoms with E-state index in [0.717, 1.165) is 9.99 Å². The van der Waals surface area contributed by atoms with Gasteiger partial charge >= 0.3 is 5.97 Å². The summed E-state index contributed by atoms with van der Waals surface area (Å²) in [6.07, 6.45) is 5.21.